The number of nitrogens with zero attached hydrogens (tertiary/aromatic N) is 3. The van der Waals surface area contributed by atoms with Gasteiger partial charge >= 0.3 is 6.03 Å². The minimum Gasteiger partial charge on any atom is -0.350 e. The fourth-order valence-electron chi connectivity index (χ4n) is 3.05. The molecular formula is C17H24BrN5O2. The number of nitrogens with two attached hydrogens (primary N) is 1. The second kappa shape index (κ2) is 7.97. The fourth-order valence-corrected chi connectivity index (χ4v) is 3.42. The molecule has 7 nitrogen and oxygen atoms in total. The standard InChI is InChI=1S/C17H24BrN5O2/c1-10(2)22(11(3)4)7-8-23-14-6-5-12(18)9-13(14)15(16(23)24)20-21-17(19)25/h5-6,9-11H,7-8H2,1-4H3,(H3,19,21,25)/b20-15+. The molecule has 0 unspecified atom stereocenters. The number of hydrogen-bond acceptors (Lipinski definition) is 4. The van der Waals surface area contributed by atoms with Crippen LogP contribution in [0.1, 0.15) is 33.3 Å². The predicted molar refractivity (Wildman–Crippen MR) is 103 cm³/mol. The molecule has 0 aliphatic carbocycles. The molecule has 0 saturated heterocycles. The van der Waals surface area contributed by atoms with E-state index in [-0.39, 0.29) is 11.6 Å². The Morgan fingerprint density at radius 3 is 2.52 bits per heavy atom. The quantitative estimate of drug-likeness (QED) is 0.705. The average Bonchev–Trinajstić information content (AvgIpc) is 2.76. The van der Waals surface area contributed by atoms with Gasteiger partial charge in [-0.05, 0) is 45.9 Å². The molecule has 25 heavy (non-hydrogen) atoms. The molecule has 136 valence electrons. The summed E-state index contributed by atoms with van der Waals surface area (Å²) < 4.78 is 0.832. The van der Waals surface area contributed by atoms with E-state index < -0.39 is 6.03 Å². The van der Waals surface area contributed by atoms with Crippen LogP contribution in [0, 0.1) is 0 Å². The van der Waals surface area contributed by atoms with Gasteiger partial charge in [0.1, 0.15) is 0 Å². The lowest BCUT2D eigenvalue weighted by atomic mass is 10.1. The van der Waals surface area contributed by atoms with Crippen LogP contribution >= 0.6 is 15.9 Å². The van der Waals surface area contributed by atoms with Crippen LogP contribution in [0.3, 0.4) is 0 Å². The largest absolute Gasteiger partial charge is 0.350 e. The molecular weight excluding hydrogens is 386 g/mol. The topological polar surface area (TPSA) is 91.0 Å². The van der Waals surface area contributed by atoms with Crippen LogP contribution in [-0.2, 0) is 4.79 Å². The van der Waals surface area contributed by atoms with Gasteiger partial charge in [-0.2, -0.15) is 5.10 Å². The highest BCUT2D eigenvalue weighted by molar-refractivity contribution is 9.10. The molecule has 0 aromatic heterocycles. The number of hydrogen-bond donors (Lipinski definition) is 2. The van der Waals surface area contributed by atoms with Crippen molar-refractivity contribution in [2.45, 2.75) is 39.8 Å². The number of urea groups is 1. The van der Waals surface area contributed by atoms with Crippen LogP contribution < -0.4 is 16.1 Å². The van der Waals surface area contributed by atoms with Crippen molar-refractivity contribution >= 4 is 39.3 Å². The van der Waals surface area contributed by atoms with E-state index >= 15 is 0 Å². The third-order valence-corrected chi connectivity index (χ3v) is 4.63. The first-order valence-electron chi connectivity index (χ1n) is 8.23. The maximum atomic E-state index is 12.8. The van der Waals surface area contributed by atoms with E-state index in [1.165, 1.54) is 0 Å². The molecule has 3 amide bonds. The van der Waals surface area contributed by atoms with E-state index in [4.69, 9.17) is 5.73 Å². The number of benzene rings is 1. The van der Waals surface area contributed by atoms with Gasteiger partial charge in [0.05, 0.1) is 5.69 Å². The lowest BCUT2D eigenvalue weighted by Gasteiger charge is -2.32. The van der Waals surface area contributed by atoms with Crippen molar-refractivity contribution < 1.29 is 9.59 Å². The summed E-state index contributed by atoms with van der Waals surface area (Å²) in [4.78, 5) is 27.8. The normalized spacial score (nSPS) is 15.6. The van der Waals surface area contributed by atoms with Crippen LogP contribution in [-0.4, -0.2) is 47.7 Å². The number of carbonyl (C=O) groups excluding carboxylic acids is 2. The van der Waals surface area contributed by atoms with Crippen molar-refractivity contribution in [1.82, 2.24) is 10.3 Å². The highest BCUT2D eigenvalue weighted by atomic mass is 79.9. The number of hydrazone groups is 1. The molecule has 0 saturated carbocycles. The van der Waals surface area contributed by atoms with Crippen molar-refractivity contribution in [1.29, 1.82) is 0 Å². The Balaban J connectivity index is 2.29. The van der Waals surface area contributed by atoms with Gasteiger partial charge in [0, 0.05) is 35.2 Å². The van der Waals surface area contributed by atoms with Crippen molar-refractivity contribution in [3.8, 4) is 0 Å². The zero-order chi connectivity index (χ0) is 18.7. The summed E-state index contributed by atoms with van der Waals surface area (Å²) in [6.45, 7) is 9.84. The summed E-state index contributed by atoms with van der Waals surface area (Å²) in [6, 6.07) is 5.53. The zero-order valence-electron chi connectivity index (χ0n) is 14.9. The Hall–Kier alpha value is -1.93. The third-order valence-electron chi connectivity index (χ3n) is 4.14. The van der Waals surface area contributed by atoms with Gasteiger partial charge in [0.2, 0.25) is 0 Å². The Kier molecular flexibility index (Phi) is 6.18. The average molecular weight is 410 g/mol. The first-order valence-corrected chi connectivity index (χ1v) is 9.02. The number of amides is 3. The summed E-state index contributed by atoms with van der Waals surface area (Å²) in [5.74, 6) is -0.241. The minimum atomic E-state index is -0.805. The Labute approximate surface area is 156 Å². The van der Waals surface area contributed by atoms with E-state index in [1.807, 2.05) is 18.2 Å². The van der Waals surface area contributed by atoms with Crippen molar-refractivity contribution in [3.63, 3.8) is 0 Å². The number of primary amides is 1. The van der Waals surface area contributed by atoms with Gasteiger partial charge in [-0.1, -0.05) is 15.9 Å². The lowest BCUT2D eigenvalue weighted by Crippen LogP contribution is -2.44. The number of nitrogens with one attached hydrogen (secondary N) is 1. The molecule has 0 bridgehead atoms. The molecule has 3 N–H and O–H groups in total. The second-order valence-corrected chi connectivity index (χ2v) is 7.40. The van der Waals surface area contributed by atoms with Gasteiger partial charge < -0.3 is 10.6 Å². The van der Waals surface area contributed by atoms with E-state index in [2.05, 4.69) is 59.1 Å². The summed E-state index contributed by atoms with van der Waals surface area (Å²) in [5.41, 5.74) is 8.87. The molecule has 0 spiro atoms. The summed E-state index contributed by atoms with van der Waals surface area (Å²) in [5, 5.41) is 3.90. The Morgan fingerprint density at radius 2 is 1.96 bits per heavy atom. The van der Waals surface area contributed by atoms with Crippen LogP contribution in [0.4, 0.5) is 10.5 Å². The Bertz CT molecular complexity index is 694. The molecule has 2 rings (SSSR count). The molecule has 1 heterocycles. The zero-order valence-corrected chi connectivity index (χ0v) is 16.5. The van der Waals surface area contributed by atoms with Crippen LogP contribution in [0.5, 0.6) is 0 Å². The number of carbonyl (C=O) groups is 2. The van der Waals surface area contributed by atoms with Crippen LogP contribution in [0.2, 0.25) is 0 Å². The van der Waals surface area contributed by atoms with Crippen molar-refractivity contribution in [3.05, 3.63) is 28.2 Å². The molecule has 8 heteroatoms. The highest BCUT2D eigenvalue weighted by Crippen LogP contribution is 2.31. The van der Waals surface area contributed by atoms with E-state index in [0.29, 0.717) is 24.2 Å². The molecule has 1 aromatic rings. The number of anilines is 1. The fraction of sp³-hybridized carbons (Fsp3) is 0.471. The highest BCUT2D eigenvalue weighted by Gasteiger charge is 2.34. The predicted octanol–water partition coefficient (Wildman–Crippen LogP) is 2.29. The molecule has 0 atom stereocenters. The maximum Gasteiger partial charge on any atom is 0.332 e. The summed E-state index contributed by atoms with van der Waals surface area (Å²) in [6.07, 6.45) is 0. The van der Waals surface area contributed by atoms with Gasteiger partial charge in [-0.15, -0.1) is 0 Å². The second-order valence-electron chi connectivity index (χ2n) is 6.48. The molecule has 1 aliphatic rings. The molecule has 0 radical (unpaired) electrons. The van der Waals surface area contributed by atoms with E-state index in [1.54, 1.807) is 4.90 Å². The number of fused-ring (bicyclic) bond motifs is 1. The molecule has 0 fully saturated rings. The van der Waals surface area contributed by atoms with Crippen molar-refractivity contribution in [2.24, 2.45) is 10.8 Å². The lowest BCUT2D eigenvalue weighted by molar-refractivity contribution is -0.112. The monoisotopic (exact) mass is 409 g/mol. The number of halogens is 1. The first kappa shape index (κ1) is 19.4. The summed E-state index contributed by atoms with van der Waals surface area (Å²) >= 11 is 3.41. The Morgan fingerprint density at radius 1 is 1.32 bits per heavy atom. The first-order chi connectivity index (χ1) is 11.7. The van der Waals surface area contributed by atoms with Gasteiger partial charge in [0.15, 0.2) is 5.71 Å². The smallest absolute Gasteiger partial charge is 0.332 e. The van der Waals surface area contributed by atoms with Crippen molar-refractivity contribution in [2.75, 3.05) is 18.0 Å². The summed E-state index contributed by atoms with van der Waals surface area (Å²) in [7, 11) is 0. The van der Waals surface area contributed by atoms with Gasteiger partial charge in [-0.3, -0.25) is 9.69 Å². The maximum absolute atomic E-state index is 12.8. The van der Waals surface area contributed by atoms with Crippen LogP contribution in [0.25, 0.3) is 0 Å². The minimum absolute atomic E-state index is 0.191. The molecule has 1 aliphatic heterocycles. The van der Waals surface area contributed by atoms with Gasteiger partial charge in [0.25, 0.3) is 5.91 Å². The van der Waals surface area contributed by atoms with Gasteiger partial charge in [-0.25, -0.2) is 10.2 Å². The number of rotatable bonds is 6. The molecule has 1 aromatic carbocycles. The van der Waals surface area contributed by atoms with E-state index in [9.17, 15) is 9.59 Å². The van der Waals surface area contributed by atoms with E-state index in [0.717, 1.165) is 16.7 Å². The SMILES string of the molecule is CC(C)N(CCN1C(=O)/C(=N/NC(N)=O)c2cc(Br)ccc21)C(C)C. The third kappa shape index (κ3) is 4.38. The van der Waals surface area contributed by atoms with Crippen LogP contribution in [0.15, 0.2) is 27.8 Å².